The molecule has 6 nitrogen and oxygen atoms in total. The molecule has 2 N–H and O–H groups in total. The summed E-state index contributed by atoms with van der Waals surface area (Å²) in [6.45, 7) is 2.09. The van der Waals surface area contributed by atoms with Crippen molar-refractivity contribution in [1.82, 2.24) is 10.3 Å². The van der Waals surface area contributed by atoms with Gasteiger partial charge in [-0.05, 0) is 31.2 Å². The lowest BCUT2D eigenvalue weighted by Crippen LogP contribution is -2.24. The van der Waals surface area contributed by atoms with E-state index in [0.717, 1.165) is 0 Å². The van der Waals surface area contributed by atoms with E-state index < -0.39 is 17.8 Å². The number of hydrogen-bond donors (Lipinski definition) is 2. The van der Waals surface area contributed by atoms with E-state index in [1.165, 1.54) is 36.5 Å². The summed E-state index contributed by atoms with van der Waals surface area (Å²) in [5.74, 6) is -0.978. The number of alkyl carbamates (subject to hydrolysis) is 1. The zero-order valence-corrected chi connectivity index (χ0v) is 12.5. The Morgan fingerprint density at radius 3 is 2.78 bits per heavy atom. The number of anilines is 1. The minimum absolute atomic E-state index is 0.0977. The van der Waals surface area contributed by atoms with Crippen LogP contribution in [0.2, 0.25) is 0 Å². The Hall–Kier alpha value is -2.96. The van der Waals surface area contributed by atoms with Crippen molar-refractivity contribution in [2.75, 3.05) is 11.9 Å². The second kappa shape index (κ2) is 7.88. The van der Waals surface area contributed by atoms with Crippen molar-refractivity contribution in [3.05, 3.63) is 59.7 Å². The van der Waals surface area contributed by atoms with Crippen molar-refractivity contribution in [3.8, 4) is 0 Å². The summed E-state index contributed by atoms with van der Waals surface area (Å²) in [6.07, 6.45) is 0.883. The summed E-state index contributed by atoms with van der Waals surface area (Å²) in [4.78, 5) is 27.4. The number of nitrogens with one attached hydrogen (secondary N) is 2. The van der Waals surface area contributed by atoms with Crippen molar-refractivity contribution in [3.63, 3.8) is 0 Å². The van der Waals surface area contributed by atoms with Gasteiger partial charge < -0.3 is 15.4 Å². The highest BCUT2D eigenvalue weighted by atomic mass is 19.1. The normalized spacial score (nSPS) is 10.0. The highest BCUT2D eigenvalue weighted by Crippen LogP contribution is 2.14. The molecule has 0 spiro atoms. The van der Waals surface area contributed by atoms with Crippen LogP contribution in [0.15, 0.2) is 42.6 Å². The van der Waals surface area contributed by atoms with E-state index in [1.54, 1.807) is 13.0 Å². The number of pyridine rings is 1. The smallest absolute Gasteiger partial charge is 0.407 e. The fourth-order valence-corrected chi connectivity index (χ4v) is 1.82. The van der Waals surface area contributed by atoms with Crippen molar-refractivity contribution < 1.29 is 18.7 Å². The number of amides is 2. The third kappa shape index (κ3) is 4.77. The van der Waals surface area contributed by atoms with Crippen molar-refractivity contribution in [1.29, 1.82) is 0 Å². The van der Waals surface area contributed by atoms with E-state index in [0.29, 0.717) is 11.3 Å². The lowest BCUT2D eigenvalue weighted by molar-refractivity contribution is 0.102. The Labute approximate surface area is 132 Å². The van der Waals surface area contributed by atoms with E-state index in [1.807, 2.05) is 0 Å². The molecule has 0 saturated heterocycles. The van der Waals surface area contributed by atoms with Gasteiger partial charge in [0.05, 0.1) is 24.5 Å². The van der Waals surface area contributed by atoms with Gasteiger partial charge in [-0.1, -0.05) is 12.1 Å². The van der Waals surface area contributed by atoms with Crippen LogP contribution in [-0.4, -0.2) is 23.6 Å². The number of carbonyl (C=O) groups excluding carboxylic acids is 2. The Balaban J connectivity index is 2.02. The Bertz CT molecular complexity index is 706. The van der Waals surface area contributed by atoms with Crippen LogP contribution in [-0.2, 0) is 11.3 Å². The van der Waals surface area contributed by atoms with Crippen molar-refractivity contribution in [2.24, 2.45) is 0 Å². The average molecular weight is 317 g/mol. The fourth-order valence-electron chi connectivity index (χ4n) is 1.82. The van der Waals surface area contributed by atoms with Gasteiger partial charge in [0, 0.05) is 11.8 Å². The summed E-state index contributed by atoms with van der Waals surface area (Å²) in [6, 6.07) is 8.91. The number of aromatic nitrogens is 1. The summed E-state index contributed by atoms with van der Waals surface area (Å²) in [5, 5.41) is 4.99. The summed E-state index contributed by atoms with van der Waals surface area (Å²) in [5.41, 5.74) is 0.892. The molecular weight excluding hydrogens is 301 g/mol. The third-order valence-electron chi connectivity index (χ3n) is 2.89. The van der Waals surface area contributed by atoms with Crippen LogP contribution in [0.25, 0.3) is 0 Å². The fraction of sp³-hybridized carbons (Fsp3) is 0.188. The lowest BCUT2D eigenvalue weighted by Gasteiger charge is -2.08. The maximum Gasteiger partial charge on any atom is 0.407 e. The van der Waals surface area contributed by atoms with Gasteiger partial charge in [0.15, 0.2) is 0 Å². The summed E-state index contributed by atoms with van der Waals surface area (Å²) in [7, 11) is 0. The van der Waals surface area contributed by atoms with E-state index in [-0.39, 0.29) is 18.8 Å². The first-order chi connectivity index (χ1) is 11.1. The predicted molar refractivity (Wildman–Crippen MR) is 82.5 cm³/mol. The van der Waals surface area contributed by atoms with Crippen LogP contribution >= 0.6 is 0 Å². The molecule has 0 aliphatic rings. The van der Waals surface area contributed by atoms with E-state index in [9.17, 15) is 14.0 Å². The van der Waals surface area contributed by atoms with Crippen LogP contribution < -0.4 is 10.6 Å². The molecule has 0 atom stereocenters. The van der Waals surface area contributed by atoms with E-state index in [2.05, 4.69) is 15.6 Å². The number of rotatable bonds is 5. The highest BCUT2D eigenvalue weighted by molar-refractivity contribution is 6.04. The molecule has 0 aliphatic heterocycles. The van der Waals surface area contributed by atoms with Gasteiger partial charge in [-0.15, -0.1) is 0 Å². The zero-order valence-electron chi connectivity index (χ0n) is 12.5. The number of ether oxygens (including phenoxy) is 1. The maximum absolute atomic E-state index is 13.5. The average Bonchev–Trinajstić information content (AvgIpc) is 2.55. The zero-order chi connectivity index (χ0) is 16.7. The standard InChI is InChI=1S/C16H16FN3O3/c1-2-23-16(22)19-10-12-9-11(7-8-18-12)15(21)20-14-6-4-3-5-13(14)17/h3-9H,2,10H2,1H3,(H,19,22)(H,20,21). The van der Waals surface area contributed by atoms with Gasteiger partial charge in [0.25, 0.3) is 5.91 Å². The lowest BCUT2D eigenvalue weighted by atomic mass is 10.2. The van der Waals surface area contributed by atoms with Crippen LogP contribution in [0.1, 0.15) is 23.0 Å². The molecule has 7 heteroatoms. The minimum Gasteiger partial charge on any atom is -0.450 e. The van der Waals surface area contributed by atoms with E-state index in [4.69, 9.17) is 4.74 Å². The maximum atomic E-state index is 13.5. The number of benzene rings is 1. The minimum atomic E-state index is -0.560. The molecule has 23 heavy (non-hydrogen) atoms. The molecule has 0 fully saturated rings. The Morgan fingerprint density at radius 1 is 1.26 bits per heavy atom. The monoisotopic (exact) mass is 317 g/mol. The Morgan fingerprint density at radius 2 is 2.04 bits per heavy atom. The van der Waals surface area contributed by atoms with Gasteiger partial charge >= 0.3 is 6.09 Å². The molecule has 2 amide bonds. The van der Waals surface area contributed by atoms with Gasteiger partial charge in [-0.25, -0.2) is 9.18 Å². The topological polar surface area (TPSA) is 80.3 Å². The van der Waals surface area contributed by atoms with Crippen LogP contribution in [0.5, 0.6) is 0 Å². The van der Waals surface area contributed by atoms with Crippen LogP contribution in [0.4, 0.5) is 14.9 Å². The second-order valence-corrected chi connectivity index (χ2v) is 4.54. The third-order valence-corrected chi connectivity index (χ3v) is 2.89. The molecule has 1 heterocycles. The van der Waals surface area contributed by atoms with Crippen molar-refractivity contribution in [2.45, 2.75) is 13.5 Å². The number of para-hydroxylation sites is 1. The Kier molecular flexibility index (Phi) is 5.62. The second-order valence-electron chi connectivity index (χ2n) is 4.54. The molecule has 0 aliphatic carbocycles. The SMILES string of the molecule is CCOC(=O)NCc1cc(C(=O)Nc2ccccc2F)ccn1. The quantitative estimate of drug-likeness (QED) is 0.888. The first kappa shape index (κ1) is 16.4. The molecule has 0 unspecified atom stereocenters. The highest BCUT2D eigenvalue weighted by Gasteiger charge is 2.10. The number of nitrogens with zero attached hydrogens (tertiary/aromatic N) is 1. The number of carbonyl (C=O) groups is 2. The predicted octanol–water partition coefficient (Wildman–Crippen LogP) is 2.72. The van der Waals surface area contributed by atoms with Crippen molar-refractivity contribution >= 4 is 17.7 Å². The first-order valence-electron chi connectivity index (χ1n) is 7.01. The van der Waals surface area contributed by atoms with Crippen LogP contribution in [0.3, 0.4) is 0 Å². The van der Waals surface area contributed by atoms with Gasteiger partial charge in [0.2, 0.25) is 0 Å². The first-order valence-corrected chi connectivity index (χ1v) is 7.01. The molecule has 2 rings (SSSR count). The molecule has 0 bridgehead atoms. The number of halogens is 1. The molecule has 1 aromatic heterocycles. The van der Waals surface area contributed by atoms with Gasteiger partial charge in [-0.2, -0.15) is 0 Å². The van der Waals surface area contributed by atoms with Gasteiger partial charge in [0.1, 0.15) is 5.82 Å². The molecule has 1 aromatic carbocycles. The largest absolute Gasteiger partial charge is 0.450 e. The molecular formula is C16H16FN3O3. The molecule has 0 saturated carbocycles. The summed E-state index contributed by atoms with van der Waals surface area (Å²) >= 11 is 0. The molecule has 120 valence electrons. The van der Waals surface area contributed by atoms with E-state index >= 15 is 0 Å². The van der Waals surface area contributed by atoms with Crippen LogP contribution in [0, 0.1) is 5.82 Å². The molecule has 0 radical (unpaired) electrons. The van der Waals surface area contributed by atoms with Gasteiger partial charge in [-0.3, -0.25) is 9.78 Å². The summed E-state index contributed by atoms with van der Waals surface area (Å²) < 4.78 is 18.3. The number of hydrogen-bond acceptors (Lipinski definition) is 4. The molecule has 2 aromatic rings.